The molecule has 0 aliphatic carbocycles. The van der Waals surface area contributed by atoms with E-state index in [1.54, 1.807) is 0 Å². The second-order valence-corrected chi connectivity index (χ2v) is 4.33. The number of hydrogen-bond donors (Lipinski definition) is 2. The molecule has 0 atom stereocenters. The summed E-state index contributed by atoms with van der Waals surface area (Å²) < 4.78 is 11.1. The zero-order valence-electron chi connectivity index (χ0n) is 10.9. The average Bonchev–Trinajstić information content (AvgIpc) is 2.88. The molecule has 0 saturated heterocycles. The fourth-order valence-corrected chi connectivity index (χ4v) is 1.84. The smallest absolute Gasteiger partial charge is 0.295 e. The maximum absolute atomic E-state index is 5.61. The maximum atomic E-state index is 5.61. The number of anilines is 2. The number of benzene rings is 2. The summed E-state index contributed by atoms with van der Waals surface area (Å²) in [5.74, 6) is 0.790. The van der Waals surface area contributed by atoms with E-state index in [9.17, 15) is 0 Å². The minimum atomic E-state index is 0.507. The molecule has 5 heteroatoms. The summed E-state index contributed by atoms with van der Waals surface area (Å²) >= 11 is 0. The number of para-hydroxylation sites is 2. The van der Waals surface area contributed by atoms with Gasteiger partial charge in [-0.05, 0) is 36.4 Å². The largest absolute Gasteiger partial charge is 0.492 e. The number of nitrogens with two attached hydrogens (primary N) is 1. The molecule has 5 nitrogen and oxygen atoms in total. The first kappa shape index (κ1) is 12.3. The van der Waals surface area contributed by atoms with Crippen molar-refractivity contribution < 1.29 is 9.15 Å². The molecular formula is C15H15N3O2. The molecule has 0 aliphatic rings. The van der Waals surface area contributed by atoms with Crippen LogP contribution in [0.15, 0.2) is 52.9 Å². The van der Waals surface area contributed by atoms with Gasteiger partial charge in [0.2, 0.25) is 0 Å². The van der Waals surface area contributed by atoms with Crippen molar-refractivity contribution in [1.29, 1.82) is 0 Å². The Morgan fingerprint density at radius 1 is 1.10 bits per heavy atom. The number of ether oxygens (including phenoxy) is 1. The average molecular weight is 269 g/mol. The Kier molecular flexibility index (Phi) is 3.41. The van der Waals surface area contributed by atoms with Crippen LogP contribution in [0.25, 0.3) is 11.1 Å². The van der Waals surface area contributed by atoms with Crippen LogP contribution in [0.3, 0.4) is 0 Å². The molecule has 102 valence electrons. The lowest BCUT2D eigenvalue weighted by molar-refractivity contribution is 0.331. The number of nitrogens with one attached hydrogen (secondary N) is 1. The molecule has 0 unspecified atom stereocenters. The molecule has 1 heterocycles. The first-order chi connectivity index (χ1) is 9.81. The third-order valence-electron chi connectivity index (χ3n) is 2.82. The quantitative estimate of drug-likeness (QED) is 0.550. The Hall–Kier alpha value is -2.69. The van der Waals surface area contributed by atoms with Crippen LogP contribution < -0.4 is 15.8 Å². The minimum absolute atomic E-state index is 0.507. The molecule has 3 aromatic rings. The molecule has 2 aromatic carbocycles. The third-order valence-corrected chi connectivity index (χ3v) is 2.82. The van der Waals surface area contributed by atoms with Gasteiger partial charge in [0.25, 0.3) is 6.01 Å². The van der Waals surface area contributed by atoms with Gasteiger partial charge in [-0.25, -0.2) is 0 Å². The summed E-state index contributed by atoms with van der Waals surface area (Å²) in [6.45, 7) is 1.12. The van der Waals surface area contributed by atoms with Crippen LogP contribution in [0, 0.1) is 0 Å². The fraction of sp³-hybridized carbons (Fsp3) is 0.133. The molecule has 1 aromatic heterocycles. The van der Waals surface area contributed by atoms with E-state index in [1.165, 1.54) is 0 Å². The molecule has 0 fully saturated rings. The zero-order chi connectivity index (χ0) is 13.8. The number of hydrogen-bond acceptors (Lipinski definition) is 5. The molecule has 0 spiro atoms. The summed E-state index contributed by atoms with van der Waals surface area (Å²) in [6.07, 6.45) is 0. The SMILES string of the molecule is Nc1ccc(OCCNc2nc3ccccc3o2)cc1. The van der Waals surface area contributed by atoms with Gasteiger partial charge in [0.05, 0.1) is 6.54 Å². The lowest BCUT2D eigenvalue weighted by atomic mass is 10.3. The Morgan fingerprint density at radius 2 is 1.90 bits per heavy atom. The monoisotopic (exact) mass is 269 g/mol. The lowest BCUT2D eigenvalue weighted by Crippen LogP contribution is -2.11. The number of oxazole rings is 1. The van der Waals surface area contributed by atoms with Gasteiger partial charge in [-0.1, -0.05) is 12.1 Å². The van der Waals surface area contributed by atoms with Gasteiger partial charge in [-0.15, -0.1) is 0 Å². The van der Waals surface area contributed by atoms with E-state index in [2.05, 4.69) is 10.3 Å². The predicted octanol–water partition coefficient (Wildman–Crippen LogP) is 2.90. The van der Waals surface area contributed by atoms with Gasteiger partial charge in [-0.3, -0.25) is 0 Å². The van der Waals surface area contributed by atoms with E-state index in [4.69, 9.17) is 14.9 Å². The van der Waals surface area contributed by atoms with Crippen molar-refractivity contribution in [3.05, 3.63) is 48.5 Å². The first-order valence-electron chi connectivity index (χ1n) is 6.39. The Morgan fingerprint density at radius 3 is 2.70 bits per heavy atom. The highest BCUT2D eigenvalue weighted by atomic mass is 16.5. The number of fused-ring (bicyclic) bond motifs is 1. The Labute approximate surface area is 116 Å². The van der Waals surface area contributed by atoms with Gasteiger partial charge in [0.1, 0.15) is 17.9 Å². The van der Waals surface area contributed by atoms with Crippen molar-refractivity contribution >= 4 is 22.8 Å². The molecular weight excluding hydrogens is 254 g/mol. The van der Waals surface area contributed by atoms with Crippen molar-refractivity contribution in [2.75, 3.05) is 24.2 Å². The van der Waals surface area contributed by atoms with E-state index in [0.29, 0.717) is 19.2 Å². The maximum Gasteiger partial charge on any atom is 0.295 e. The normalized spacial score (nSPS) is 10.6. The molecule has 0 bridgehead atoms. The molecule has 0 radical (unpaired) electrons. The van der Waals surface area contributed by atoms with Gasteiger partial charge >= 0.3 is 0 Å². The molecule has 3 N–H and O–H groups in total. The van der Waals surface area contributed by atoms with Crippen LogP contribution in [0.2, 0.25) is 0 Å². The van der Waals surface area contributed by atoms with E-state index in [-0.39, 0.29) is 0 Å². The predicted molar refractivity (Wildman–Crippen MR) is 78.8 cm³/mol. The highest BCUT2D eigenvalue weighted by molar-refractivity contribution is 5.74. The van der Waals surface area contributed by atoms with E-state index < -0.39 is 0 Å². The first-order valence-corrected chi connectivity index (χ1v) is 6.39. The highest BCUT2D eigenvalue weighted by Gasteiger charge is 2.03. The summed E-state index contributed by atoms with van der Waals surface area (Å²) in [5.41, 5.74) is 7.94. The van der Waals surface area contributed by atoms with Gasteiger partial charge < -0.3 is 20.2 Å². The minimum Gasteiger partial charge on any atom is -0.492 e. The van der Waals surface area contributed by atoms with Gasteiger partial charge in [0, 0.05) is 5.69 Å². The van der Waals surface area contributed by atoms with E-state index >= 15 is 0 Å². The number of rotatable bonds is 5. The number of aromatic nitrogens is 1. The van der Waals surface area contributed by atoms with Crippen LogP contribution in [-0.4, -0.2) is 18.1 Å². The van der Waals surface area contributed by atoms with Crippen LogP contribution >= 0.6 is 0 Å². The van der Waals surface area contributed by atoms with Crippen molar-refractivity contribution in [2.24, 2.45) is 0 Å². The lowest BCUT2D eigenvalue weighted by Gasteiger charge is -2.06. The second kappa shape index (κ2) is 5.52. The third kappa shape index (κ3) is 2.83. The molecule has 3 rings (SSSR count). The summed E-state index contributed by atoms with van der Waals surface area (Å²) in [4.78, 5) is 4.32. The summed E-state index contributed by atoms with van der Waals surface area (Å²) in [5, 5.41) is 3.09. The topological polar surface area (TPSA) is 73.3 Å². The number of nitrogens with zero attached hydrogens (tertiary/aromatic N) is 1. The summed E-state index contributed by atoms with van der Waals surface area (Å²) in [6, 6.07) is 15.5. The highest BCUT2D eigenvalue weighted by Crippen LogP contribution is 2.18. The van der Waals surface area contributed by atoms with E-state index in [0.717, 1.165) is 22.5 Å². The van der Waals surface area contributed by atoms with Crippen LogP contribution in [-0.2, 0) is 0 Å². The molecule has 0 saturated carbocycles. The van der Waals surface area contributed by atoms with Crippen LogP contribution in [0.5, 0.6) is 5.75 Å². The van der Waals surface area contributed by atoms with Crippen molar-refractivity contribution in [2.45, 2.75) is 0 Å². The van der Waals surface area contributed by atoms with Gasteiger partial charge in [0.15, 0.2) is 5.58 Å². The van der Waals surface area contributed by atoms with Crippen molar-refractivity contribution in [3.63, 3.8) is 0 Å². The molecule has 0 aliphatic heterocycles. The Bertz CT molecular complexity index is 659. The van der Waals surface area contributed by atoms with Crippen molar-refractivity contribution in [3.8, 4) is 5.75 Å². The van der Waals surface area contributed by atoms with E-state index in [1.807, 2.05) is 48.5 Å². The van der Waals surface area contributed by atoms with Gasteiger partial charge in [-0.2, -0.15) is 4.98 Å². The molecule has 0 amide bonds. The fourth-order valence-electron chi connectivity index (χ4n) is 1.84. The summed E-state index contributed by atoms with van der Waals surface area (Å²) in [7, 11) is 0. The second-order valence-electron chi connectivity index (χ2n) is 4.33. The van der Waals surface area contributed by atoms with Crippen LogP contribution in [0.1, 0.15) is 0 Å². The number of nitrogen functional groups attached to an aromatic ring is 1. The standard InChI is InChI=1S/C15H15N3O2/c16-11-5-7-12(8-6-11)19-10-9-17-15-18-13-3-1-2-4-14(13)20-15/h1-8H,9-10,16H2,(H,17,18). The van der Waals surface area contributed by atoms with Crippen molar-refractivity contribution in [1.82, 2.24) is 4.98 Å². The van der Waals surface area contributed by atoms with Crippen LogP contribution in [0.4, 0.5) is 11.7 Å². The molecule has 20 heavy (non-hydrogen) atoms. The zero-order valence-corrected chi connectivity index (χ0v) is 10.9. The Balaban J connectivity index is 1.51.